The third-order valence-electron chi connectivity index (χ3n) is 32.9. The smallest absolute Gasteiger partial charge is 0.160 e. The standard InChI is InChI=1S/6C21H24N2O/c1-12-5-7-14(8-6-12)20-18-13(2)22-23-16(18)9-15-10-21(3,4)11-17(24)19(15)20;2*1-12-6-5-7-14(8-12)20-18-13(2)22-23-16(18)9-15-10-21(3,4)11-17(24)19(15)20;3*1-12-7-5-6-8-15(12)20-18-13(2)22-23-16(18)9-14-10-21(3,4)11-17(24)19(14)20/h6*5-8,20H,9-11H2,1-4H3,(H,22,23)/t;;;2*20-;/m...10./s1. The molecule has 6 N–H and O–H groups in total. The number of Topliss-reactive ketones (excluding diaryl/α,β-unsaturated/α-hetero) is 6. The average Bonchev–Trinajstić information content (AvgIpc) is 1.50. The van der Waals surface area contributed by atoms with Gasteiger partial charge in [-0.2, -0.15) is 30.6 Å². The van der Waals surface area contributed by atoms with Gasteiger partial charge in [0.1, 0.15) is 0 Å². The molecule has 0 spiro atoms. The average molecular weight is 1920 g/mol. The normalized spacial score (nSPS) is 22.3. The molecule has 12 aliphatic rings. The zero-order chi connectivity index (χ0) is 102. The predicted molar refractivity (Wildman–Crippen MR) is 571 cm³/mol. The van der Waals surface area contributed by atoms with Crippen LogP contribution >= 0.6 is 0 Å². The van der Waals surface area contributed by atoms with E-state index in [9.17, 15) is 28.8 Å². The number of nitrogens with one attached hydrogen (secondary N) is 6. The molecule has 0 saturated heterocycles. The van der Waals surface area contributed by atoms with E-state index in [0.717, 1.165) is 179 Å². The third-order valence-corrected chi connectivity index (χ3v) is 32.9. The highest BCUT2D eigenvalue weighted by Gasteiger charge is 2.50. The summed E-state index contributed by atoms with van der Waals surface area (Å²) < 4.78 is 0. The van der Waals surface area contributed by atoms with Crippen LogP contribution in [0.4, 0.5) is 0 Å². The number of aromatic amines is 6. The number of allylic oxidation sites excluding steroid dienone is 12. The molecule has 6 atom stereocenters. The van der Waals surface area contributed by atoms with Crippen LogP contribution in [0.15, 0.2) is 212 Å². The lowest BCUT2D eigenvalue weighted by Gasteiger charge is -2.38. The molecule has 6 aromatic heterocycles. The fraction of sp³-hybridized carbons (Fsp3) is 0.429. The van der Waals surface area contributed by atoms with Gasteiger partial charge in [-0.15, -0.1) is 0 Å². The number of hydrogen-bond acceptors (Lipinski definition) is 12. The minimum Gasteiger partial charge on any atom is -0.294 e. The van der Waals surface area contributed by atoms with Crippen LogP contribution in [-0.4, -0.2) is 95.9 Å². The number of rotatable bonds is 6. The van der Waals surface area contributed by atoms with Crippen LogP contribution in [0.2, 0.25) is 0 Å². The summed E-state index contributed by atoms with van der Waals surface area (Å²) in [7, 11) is 0. The van der Waals surface area contributed by atoms with Crippen molar-refractivity contribution in [2.24, 2.45) is 32.5 Å². The first-order valence-electron chi connectivity index (χ1n) is 52.3. The molecule has 4 unspecified atom stereocenters. The molecule has 0 fully saturated rings. The zero-order valence-electron chi connectivity index (χ0n) is 89.2. The van der Waals surface area contributed by atoms with Crippen LogP contribution in [0.5, 0.6) is 0 Å². The number of hydrogen-bond donors (Lipinski definition) is 6. The van der Waals surface area contributed by atoms with Gasteiger partial charge >= 0.3 is 0 Å². The summed E-state index contributed by atoms with van der Waals surface area (Å²) in [6.07, 6.45) is 14.6. The van der Waals surface area contributed by atoms with Gasteiger partial charge in [0.2, 0.25) is 0 Å². The first-order valence-corrected chi connectivity index (χ1v) is 52.3. The SMILES string of the molecule is Cc1ccc(C2C3=C(Cc4n[nH]c(C)c42)CC(C)(C)CC3=O)cc1.Cc1cccc(C2C3=C(Cc4n[nH]c(C)c42)CC(C)(C)CC3=O)c1.Cc1cccc(C2C3=C(Cc4n[nH]c(C)c42)CC(C)(C)CC3=O)c1.Cc1ccccc1C1C2=C(Cc3n[nH]c(C)c31)CC(C)(C)CC2=O.Cc1ccccc1[C@@H]1C2=C(Cc3n[nH]c(C)c31)CC(C)(C)CC2=O.Cc1ccccc1[C@H]1C2=C(Cc3n[nH]c(C)c31)CC(C)(C)CC2=O. The number of aromatic nitrogens is 12. The second kappa shape index (κ2) is 37.9. The lowest BCUT2D eigenvalue weighted by molar-refractivity contribution is -0.119. The Balaban J connectivity index is 0.000000109. The van der Waals surface area contributed by atoms with Gasteiger partial charge in [0.15, 0.2) is 34.7 Å². The summed E-state index contributed by atoms with van der Waals surface area (Å²) in [5, 5.41) is 46.2. The van der Waals surface area contributed by atoms with Crippen LogP contribution in [0, 0.1) is 116 Å². The van der Waals surface area contributed by atoms with E-state index >= 15 is 0 Å². The number of aryl methyl sites for hydroxylation is 12. The van der Waals surface area contributed by atoms with E-state index in [1.807, 2.05) is 0 Å². The summed E-state index contributed by atoms with van der Waals surface area (Å²) in [6.45, 7) is 51.5. The second-order valence-corrected chi connectivity index (χ2v) is 49.0. The minimum absolute atomic E-state index is 0.0333. The topological polar surface area (TPSA) is 274 Å². The van der Waals surface area contributed by atoms with Gasteiger partial charge in [-0.05, 0) is 204 Å². The van der Waals surface area contributed by atoms with Crippen molar-refractivity contribution in [3.05, 3.63) is 381 Å². The Bertz CT molecular complexity index is 6970. The van der Waals surface area contributed by atoms with Gasteiger partial charge in [0.25, 0.3) is 0 Å². The summed E-state index contributed by atoms with van der Waals surface area (Å²) >= 11 is 0. The van der Waals surface area contributed by atoms with Gasteiger partial charge in [0, 0.05) is 214 Å². The van der Waals surface area contributed by atoms with Crippen LogP contribution in [0.25, 0.3) is 0 Å². The molecule has 0 aliphatic heterocycles. The first-order chi connectivity index (χ1) is 68.2. The van der Waals surface area contributed by atoms with Gasteiger partial charge in [-0.25, -0.2) is 0 Å². The van der Waals surface area contributed by atoms with Crippen molar-refractivity contribution in [2.75, 3.05) is 0 Å². The summed E-state index contributed by atoms with van der Waals surface area (Å²) in [5.74, 6) is 2.12. The molecule has 144 heavy (non-hydrogen) atoms. The van der Waals surface area contributed by atoms with E-state index in [-0.39, 0.29) is 68.0 Å². The van der Waals surface area contributed by atoms with Crippen LogP contribution in [-0.2, 0) is 67.3 Å². The Morgan fingerprint density at radius 1 is 0.215 bits per heavy atom. The third kappa shape index (κ3) is 19.2. The summed E-state index contributed by atoms with van der Waals surface area (Å²) in [4.78, 5) is 78.5. The quantitative estimate of drug-likeness (QED) is 0.0907. The highest BCUT2D eigenvalue weighted by Crippen LogP contribution is 2.58. The maximum Gasteiger partial charge on any atom is 0.160 e. The molecule has 744 valence electrons. The minimum atomic E-state index is 0.0333. The van der Waals surface area contributed by atoms with Gasteiger partial charge in [-0.1, -0.05) is 279 Å². The van der Waals surface area contributed by atoms with Crippen molar-refractivity contribution in [3.63, 3.8) is 0 Å². The summed E-state index contributed by atoms with van der Waals surface area (Å²) in [6, 6.07) is 51.0. The Labute approximate surface area is 850 Å². The lowest BCUT2D eigenvalue weighted by Crippen LogP contribution is -2.32. The Morgan fingerprint density at radius 2 is 0.417 bits per heavy atom. The molecule has 0 amide bonds. The van der Waals surface area contributed by atoms with Gasteiger partial charge in [-0.3, -0.25) is 59.4 Å². The fourth-order valence-corrected chi connectivity index (χ4v) is 27.2. The second-order valence-electron chi connectivity index (χ2n) is 49.0. The molecule has 0 radical (unpaired) electrons. The first kappa shape index (κ1) is 99.8. The molecule has 12 aromatic rings. The molecule has 0 bridgehead atoms. The monoisotopic (exact) mass is 1920 g/mol. The van der Waals surface area contributed by atoms with E-state index in [2.05, 4.69) is 373 Å². The van der Waals surface area contributed by atoms with Crippen LogP contribution in [0.3, 0.4) is 0 Å². The van der Waals surface area contributed by atoms with E-state index in [1.54, 1.807) is 0 Å². The molecular formula is C126H144N12O6. The molecule has 12 aliphatic carbocycles. The van der Waals surface area contributed by atoms with Crippen LogP contribution < -0.4 is 0 Å². The van der Waals surface area contributed by atoms with E-state index in [1.165, 1.54) is 134 Å². The number of benzene rings is 6. The Morgan fingerprint density at radius 3 is 0.632 bits per heavy atom. The number of ketones is 6. The number of carbonyl (C=O) groups is 6. The van der Waals surface area contributed by atoms with Crippen molar-refractivity contribution < 1.29 is 28.8 Å². The molecule has 6 heterocycles. The van der Waals surface area contributed by atoms with Crippen LogP contribution in [0.1, 0.15) is 364 Å². The highest BCUT2D eigenvalue weighted by molar-refractivity contribution is 6.05. The van der Waals surface area contributed by atoms with Crippen molar-refractivity contribution >= 4 is 34.7 Å². The van der Waals surface area contributed by atoms with Crippen molar-refractivity contribution in [1.82, 2.24) is 61.2 Å². The van der Waals surface area contributed by atoms with Crippen molar-refractivity contribution in [2.45, 2.75) is 317 Å². The highest BCUT2D eigenvalue weighted by atomic mass is 16.1. The maximum absolute atomic E-state index is 13.1. The molecule has 18 nitrogen and oxygen atoms in total. The largest absolute Gasteiger partial charge is 0.294 e. The molecule has 6 aromatic carbocycles. The van der Waals surface area contributed by atoms with E-state index in [4.69, 9.17) is 0 Å². The Kier molecular flexibility index (Phi) is 26.3. The van der Waals surface area contributed by atoms with Gasteiger partial charge in [0.05, 0.1) is 34.2 Å². The summed E-state index contributed by atoms with van der Waals surface area (Å²) in [5.41, 5.74) is 49.6. The lowest BCUT2D eigenvalue weighted by atomic mass is 9.64. The van der Waals surface area contributed by atoms with E-state index < -0.39 is 0 Å². The predicted octanol–water partition coefficient (Wildman–Crippen LogP) is 26.4. The number of fused-ring (bicyclic) bond motifs is 6. The number of nitrogens with zero attached hydrogens (tertiary/aromatic N) is 6. The number of carbonyl (C=O) groups excluding carboxylic acids is 6. The zero-order valence-corrected chi connectivity index (χ0v) is 89.2. The molecule has 18 heteroatoms. The Hall–Kier alpha value is -13.0. The molecule has 24 rings (SSSR count). The fourth-order valence-electron chi connectivity index (χ4n) is 27.2. The van der Waals surface area contributed by atoms with Crippen molar-refractivity contribution in [3.8, 4) is 0 Å². The maximum atomic E-state index is 13.1. The molecule has 0 saturated carbocycles. The number of H-pyrrole nitrogens is 6. The van der Waals surface area contributed by atoms with E-state index in [0.29, 0.717) is 73.2 Å². The van der Waals surface area contributed by atoms with Crippen molar-refractivity contribution in [1.29, 1.82) is 0 Å². The van der Waals surface area contributed by atoms with Gasteiger partial charge < -0.3 is 0 Å². The molecular weight excluding hydrogens is 1780 g/mol.